The molecule has 1 aromatic rings. The normalized spacial score (nSPS) is 28.6. The van der Waals surface area contributed by atoms with Gasteiger partial charge in [0.25, 0.3) is 5.91 Å². The number of aliphatic carboxylic acids is 1. The third kappa shape index (κ3) is 4.50. The molecule has 0 radical (unpaired) electrons. The number of carboxylic acids is 1. The van der Waals surface area contributed by atoms with Crippen molar-refractivity contribution >= 4 is 35.5 Å². The highest BCUT2D eigenvalue weighted by Crippen LogP contribution is 2.50. The fourth-order valence-corrected chi connectivity index (χ4v) is 5.20. The highest BCUT2D eigenvalue weighted by atomic mass is 32.2. The molecule has 13 heteroatoms. The van der Waals surface area contributed by atoms with Crippen LogP contribution in [-0.4, -0.2) is 73.7 Å². The second-order valence-corrected chi connectivity index (χ2v) is 9.81. The Labute approximate surface area is 187 Å². The number of fused-ring (bicyclic) bond motifs is 1. The van der Waals surface area contributed by atoms with Gasteiger partial charge in [-0.2, -0.15) is 0 Å². The molecule has 1 aromatic carbocycles. The van der Waals surface area contributed by atoms with Crippen molar-refractivity contribution in [2.24, 2.45) is 11.5 Å². The van der Waals surface area contributed by atoms with Crippen molar-refractivity contribution in [3.8, 4) is 5.75 Å². The summed E-state index contributed by atoms with van der Waals surface area (Å²) in [7, 11) is 0. The molecule has 174 valence electrons. The largest absolute Gasteiger partial charge is 0.508 e. The Morgan fingerprint density at radius 3 is 2.41 bits per heavy atom. The van der Waals surface area contributed by atoms with Crippen LogP contribution in [0.3, 0.4) is 0 Å². The monoisotopic (exact) mass is 467 g/mol. The van der Waals surface area contributed by atoms with E-state index in [2.05, 4.69) is 15.6 Å². The van der Waals surface area contributed by atoms with E-state index in [1.807, 2.05) is 0 Å². The molecule has 8 N–H and O–H groups in total. The molecule has 0 aromatic heterocycles. The van der Waals surface area contributed by atoms with Crippen molar-refractivity contribution in [2.75, 3.05) is 6.61 Å². The van der Waals surface area contributed by atoms with Gasteiger partial charge in [-0.3, -0.25) is 19.2 Å². The van der Waals surface area contributed by atoms with Gasteiger partial charge in [-0.15, -0.1) is 11.8 Å². The number of phenols is 1. The molecule has 4 rings (SSSR count). The van der Waals surface area contributed by atoms with E-state index in [1.54, 1.807) is 13.8 Å². The molecule has 0 spiro atoms. The topological polar surface area (TPSA) is 197 Å². The Kier molecular flexibility index (Phi) is 6.64. The molecule has 3 saturated heterocycles. The molecule has 12 nitrogen and oxygen atoms in total. The van der Waals surface area contributed by atoms with Gasteiger partial charge in [0.05, 0.1) is 6.61 Å². The fraction of sp³-hybridized carbons (Fsp3) is 0.474. The minimum absolute atomic E-state index is 0.0606. The maximum absolute atomic E-state index is 12.3. The van der Waals surface area contributed by atoms with E-state index in [0.29, 0.717) is 12.2 Å². The van der Waals surface area contributed by atoms with Gasteiger partial charge in [0.1, 0.15) is 35.3 Å². The molecule has 0 saturated carbocycles. The molecule has 5 atom stereocenters. The zero-order chi connectivity index (χ0) is 23.8. The highest BCUT2D eigenvalue weighted by molar-refractivity contribution is 8.01. The minimum atomic E-state index is -1.06. The number of thioether (sulfide) groups is 1. The molecule has 0 unspecified atom stereocenters. The Morgan fingerprint density at radius 2 is 1.94 bits per heavy atom. The van der Waals surface area contributed by atoms with Gasteiger partial charge in [-0.1, -0.05) is 12.1 Å². The predicted molar refractivity (Wildman–Crippen MR) is 113 cm³/mol. The van der Waals surface area contributed by atoms with Gasteiger partial charge in [0.2, 0.25) is 11.8 Å². The first-order valence-electron chi connectivity index (χ1n) is 9.69. The first-order chi connectivity index (χ1) is 14.9. The van der Waals surface area contributed by atoms with Gasteiger partial charge >= 0.3 is 5.97 Å². The number of hydrogen-bond acceptors (Lipinski definition) is 9. The Bertz CT molecular complexity index is 925. The summed E-state index contributed by atoms with van der Waals surface area (Å²) in [6.45, 7) is 3.82. The number of aromatic hydroxyl groups is 1. The molecule has 3 heterocycles. The average Bonchev–Trinajstić information content (AvgIpc) is 3.23. The molecule has 3 fully saturated rings. The maximum atomic E-state index is 12.3. The summed E-state index contributed by atoms with van der Waals surface area (Å²) < 4.78 is -0.648. The van der Waals surface area contributed by atoms with E-state index in [4.69, 9.17) is 11.5 Å². The van der Waals surface area contributed by atoms with Crippen LogP contribution in [0.5, 0.6) is 5.75 Å². The second kappa shape index (κ2) is 8.94. The van der Waals surface area contributed by atoms with Crippen molar-refractivity contribution in [1.82, 2.24) is 15.7 Å². The first kappa shape index (κ1) is 23.8. The molecular weight excluding hydrogens is 442 g/mol. The number of nitrogens with two attached hydrogens (primary N) is 2. The van der Waals surface area contributed by atoms with E-state index in [9.17, 15) is 29.4 Å². The summed E-state index contributed by atoms with van der Waals surface area (Å²) in [6.07, 6.45) is 0. The van der Waals surface area contributed by atoms with Crippen LogP contribution in [0.2, 0.25) is 0 Å². The van der Waals surface area contributed by atoms with Crippen molar-refractivity contribution in [3.05, 3.63) is 29.8 Å². The lowest BCUT2D eigenvalue weighted by atomic mass is 9.95. The van der Waals surface area contributed by atoms with Crippen LogP contribution in [0, 0.1) is 0 Å². The summed E-state index contributed by atoms with van der Waals surface area (Å²) in [4.78, 5) is 52.1. The minimum Gasteiger partial charge on any atom is -0.508 e. The molecule has 3 amide bonds. The third-order valence-electron chi connectivity index (χ3n) is 5.28. The number of carbonyl (C=O) groups is 4. The SMILES string of the molecule is CC1(C)S[C@@H]2[C@H](NC(=O)[C@H](N)c3ccc(O)cc3)C(=O)N2[C@H]1C(=O)O.N[C@@H]1CONC1=O. The number of nitrogens with one attached hydrogen (secondary N) is 2. The van der Waals surface area contributed by atoms with E-state index in [1.165, 1.54) is 40.9 Å². The van der Waals surface area contributed by atoms with Crippen LogP contribution in [-0.2, 0) is 24.0 Å². The zero-order valence-corrected chi connectivity index (χ0v) is 18.2. The number of phenolic OH excluding ortho intramolecular Hbond substituents is 1. The maximum Gasteiger partial charge on any atom is 0.327 e. The van der Waals surface area contributed by atoms with Crippen molar-refractivity contribution < 1.29 is 34.2 Å². The lowest BCUT2D eigenvalue weighted by molar-refractivity contribution is -0.161. The number of rotatable bonds is 4. The first-order valence-corrected chi connectivity index (χ1v) is 10.6. The smallest absolute Gasteiger partial charge is 0.327 e. The summed E-state index contributed by atoms with van der Waals surface area (Å²) >= 11 is 1.35. The lowest BCUT2D eigenvalue weighted by Gasteiger charge is -2.43. The van der Waals surface area contributed by atoms with E-state index < -0.39 is 52.1 Å². The van der Waals surface area contributed by atoms with Gasteiger partial charge in [0.15, 0.2) is 0 Å². The number of amides is 3. The van der Waals surface area contributed by atoms with Gasteiger partial charge in [-0.05, 0) is 31.5 Å². The van der Waals surface area contributed by atoms with E-state index in [0.717, 1.165) is 0 Å². The fourth-order valence-electron chi connectivity index (χ4n) is 3.58. The highest BCUT2D eigenvalue weighted by Gasteiger charge is 2.64. The molecule has 0 bridgehead atoms. The Morgan fingerprint density at radius 1 is 1.31 bits per heavy atom. The summed E-state index contributed by atoms with van der Waals surface area (Å²) in [5.41, 5.74) is 13.7. The van der Waals surface area contributed by atoms with Crippen molar-refractivity contribution in [2.45, 2.75) is 48.1 Å². The summed E-state index contributed by atoms with van der Waals surface area (Å²) in [5.74, 6) is -2.17. The number of carbonyl (C=O) groups excluding carboxylic acids is 3. The van der Waals surface area contributed by atoms with Crippen LogP contribution in [0.15, 0.2) is 24.3 Å². The van der Waals surface area contributed by atoms with Crippen LogP contribution >= 0.6 is 11.8 Å². The molecule has 3 aliphatic rings. The number of β-lactam (4-membered cyclic amide) rings is 1. The van der Waals surface area contributed by atoms with Gasteiger partial charge in [0, 0.05) is 4.75 Å². The molecular formula is C19H25N5O7S. The predicted octanol–water partition coefficient (Wildman–Crippen LogP) is -1.60. The van der Waals surface area contributed by atoms with E-state index in [-0.39, 0.29) is 11.7 Å². The van der Waals surface area contributed by atoms with Crippen LogP contribution in [0.25, 0.3) is 0 Å². The zero-order valence-electron chi connectivity index (χ0n) is 17.3. The number of benzene rings is 1. The van der Waals surface area contributed by atoms with Crippen LogP contribution < -0.4 is 22.3 Å². The molecule has 0 aliphatic carbocycles. The second-order valence-electron chi connectivity index (χ2n) is 8.04. The summed E-state index contributed by atoms with van der Waals surface area (Å²) in [6, 6.07) is 2.75. The number of nitrogens with zero attached hydrogens (tertiary/aromatic N) is 1. The van der Waals surface area contributed by atoms with Crippen molar-refractivity contribution in [3.63, 3.8) is 0 Å². The number of hydrogen-bond donors (Lipinski definition) is 6. The lowest BCUT2D eigenvalue weighted by Crippen LogP contribution is -2.71. The Balaban J connectivity index is 0.000000352. The number of hydroxylamine groups is 1. The Hall–Kier alpha value is -2.87. The molecule has 3 aliphatic heterocycles. The van der Waals surface area contributed by atoms with Gasteiger partial charge < -0.3 is 31.9 Å². The van der Waals surface area contributed by atoms with Gasteiger partial charge in [-0.25, -0.2) is 10.3 Å². The average molecular weight is 468 g/mol. The third-order valence-corrected chi connectivity index (χ3v) is 6.85. The molecule has 32 heavy (non-hydrogen) atoms. The standard InChI is InChI=1S/C16H19N3O5S.C3H6N2O2/c1-16(2)11(15(23)24)19-13(22)10(14(19)25-16)18-12(21)9(17)7-3-5-8(20)6-4-7;4-2-1-7-5-3(2)6/h3-6,9-11,14,20H,17H2,1-2H3,(H,18,21)(H,23,24);2H,1,4H2,(H,5,6)/t9-,10-,11+,14-;2-/m11/s1. The van der Waals surface area contributed by atoms with E-state index >= 15 is 0 Å². The quantitative estimate of drug-likeness (QED) is 0.280. The van der Waals surface area contributed by atoms with Crippen LogP contribution in [0.1, 0.15) is 25.5 Å². The van der Waals surface area contributed by atoms with Crippen LogP contribution in [0.4, 0.5) is 0 Å². The number of carboxylic acid groups (broad SMARTS) is 1. The summed E-state index contributed by atoms with van der Waals surface area (Å²) in [5, 5.41) is 20.9. The van der Waals surface area contributed by atoms with Crippen molar-refractivity contribution in [1.29, 1.82) is 0 Å².